The van der Waals surface area contributed by atoms with Crippen LogP contribution in [0.15, 0.2) is 0 Å². The molecule has 2 saturated heterocycles. The molecule has 2 N–H and O–H groups in total. The summed E-state index contributed by atoms with van der Waals surface area (Å²) in [6.45, 7) is 9.53. The molecule has 3 heteroatoms. The molecule has 13 heavy (non-hydrogen) atoms. The van der Waals surface area contributed by atoms with Crippen molar-refractivity contribution in [1.82, 2.24) is 10.6 Å². The van der Waals surface area contributed by atoms with Crippen LogP contribution >= 0.6 is 0 Å². The van der Waals surface area contributed by atoms with E-state index < -0.39 is 0 Å². The molecule has 78 valence electrons. The van der Waals surface area contributed by atoms with Gasteiger partial charge in [-0.05, 0) is 39.8 Å². The Morgan fingerprint density at radius 2 is 1.69 bits per heavy atom. The highest BCUT2D eigenvalue weighted by Gasteiger charge is 2.20. The van der Waals surface area contributed by atoms with Crippen molar-refractivity contribution in [2.75, 3.05) is 32.8 Å². The SMILES string of the molecule is C1CCNC1.CC1(C)CNCCO1. The third-order valence-corrected chi connectivity index (χ3v) is 2.28. The number of hydrogen-bond acceptors (Lipinski definition) is 3. The lowest BCUT2D eigenvalue weighted by molar-refractivity contribution is -0.0384. The van der Waals surface area contributed by atoms with Gasteiger partial charge in [0, 0.05) is 13.1 Å². The Bertz CT molecular complexity index is 117. The van der Waals surface area contributed by atoms with Gasteiger partial charge in [0.2, 0.25) is 0 Å². The second-order valence-electron chi connectivity index (χ2n) is 4.24. The van der Waals surface area contributed by atoms with Crippen LogP contribution in [-0.2, 0) is 4.74 Å². The van der Waals surface area contributed by atoms with Gasteiger partial charge in [-0.15, -0.1) is 0 Å². The molecule has 0 spiro atoms. The van der Waals surface area contributed by atoms with Gasteiger partial charge >= 0.3 is 0 Å². The van der Waals surface area contributed by atoms with E-state index in [9.17, 15) is 0 Å². The first-order valence-corrected chi connectivity index (χ1v) is 5.26. The maximum Gasteiger partial charge on any atom is 0.0750 e. The van der Waals surface area contributed by atoms with Crippen molar-refractivity contribution < 1.29 is 4.74 Å². The molecule has 0 saturated carbocycles. The van der Waals surface area contributed by atoms with Gasteiger partial charge in [0.25, 0.3) is 0 Å². The van der Waals surface area contributed by atoms with Crippen LogP contribution in [0.2, 0.25) is 0 Å². The van der Waals surface area contributed by atoms with Crippen molar-refractivity contribution in [2.45, 2.75) is 32.3 Å². The van der Waals surface area contributed by atoms with Crippen molar-refractivity contribution in [3.05, 3.63) is 0 Å². The van der Waals surface area contributed by atoms with Crippen LogP contribution in [0.3, 0.4) is 0 Å². The van der Waals surface area contributed by atoms with Crippen molar-refractivity contribution in [1.29, 1.82) is 0 Å². The van der Waals surface area contributed by atoms with Crippen LogP contribution in [0.5, 0.6) is 0 Å². The molecule has 2 aliphatic heterocycles. The minimum atomic E-state index is 0.0677. The summed E-state index contributed by atoms with van der Waals surface area (Å²) in [5.74, 6) is 0. The summed E-state index contributed by atoms with van der Waals surface area (Å²) in [7, 11) is 0. The highest BCUT2D eigenvalue weighted by Crippen LogP contribution is 2.08. The van der Waals surface area contributed by atoms with E-state index in [0.29, 0.717) is 0 Å². The highest BCUT2D eigenvalue weighted by molar-refractivity contribution is 4.75. The number of morpholine rings is 1. The maximum absolute atomic E-state index is 5.40. The lowest BCUT2D eigenvalue weighted by Gasteiger charge is -2.30. The minimum Gasteiger partial charge on any atom is -0.373 e. The van der Waals surface area contributed by atoms with Crippen molar-refractivity contribution >= 4 is 0 Å². The van der Waals surface area contributed by atoms with E-state index in [4.69, 9.17) is 4.74 Å². The monoisotopic (exact) mass is 186 g/mol. The highest BCUT2D eigenvalue weighted by atomic mass is 16.5. The zero-order valence-electron chi connectivity index (χ0n) is 8.86. The average Bonchev–Trinajstić information content (AvgIpc) is 2.60. The first kappa shape index (κ1) is 11.0. The Morgan fingerprint density at radius 1 is 1.00 bits per heavy atom. The molecule has 0 atom stereocenters. The first-order valence-electron chi connectivity index (χ1n) is 5.26. The molecule has 0 aromatic rings. The van der Waals surface area contributed by atoms with E-state index in [0.717, 1.165) is 19.7 Å². The van der Waals surface area contributed by atoms with Crippen molar-refractivity contribution in [3.63, 3.8) is 0 Å². The molecule has 0 amide bonds. The van der Waals surface area contributed by atoms with Gasteiger partial charge in [-0.3, -0.25) is 0 Å². The van der Waals surface area contributed by atoms with Crippen LogP contribution in [-0.4, -0.2) is 38.4 Å². The first-order chi connectivity index (χ1) is 6.21. The molecule has 0 unspecified atom stereocenters. The average molecular weight is 186 g/mol. The number of hydrogen-bond donors (Lipinski definition) is 2. The third-order valence-electron chi connectivity index (χ3n) is 2.28. The Hall–Kier alpha value is -0.120. The molecule has 2 heterocycles. The minimum absolute atomic E-state index is 0.0677. The summed E-state index contributed by atoms with van der Waals surface area (Å²) >= 11 is 0. The fourth-order valence-electron chi connectivity index (χ4n) is 1.46. The fourth-order valence-corrected chi connectivity index (χ4v) is 1.46. The maximum atomic E-state index is 5.40. The Morgan fingerprint density at radius 3 is 1.92 bits per heavy atom. The van der Waals surface area contributed by atoms with Crippen molar-refractivity contribution in [3.8, 4) is 0 Å². The van der Waals surface area contributed by atoms with Crippen LogP contribution in [0, 0.1) is 0 Å². The Balaban J connectivity index is 0.000000145. The molecule has 0 bridgehead atoms. The van der Waals surface area contributed by atoms with Gasteiger partial charge < -0.3 is 15.4 Å². The van der Waals surface area contributed by atoms with Crippen LogP contribution in [0.25, 0.3) is 0 Å². The zero-order chi connectivity index (χ0) is 9.57. The largest absolute Gasteiger partial charge is 0.373 e. The van der Waals surface area contributed by atoms with E-state index in [1.807, 2.05) is 0 Å². The summed E-state index contributed by atoms with van der Waals surface area (Å²) in [6, 6.07) is 0. The standard InChI is InChI=1S/C6H13NO.C4H9N/c1-6(2)5-7-3-4-8-6;1-2-4-5-3-1/h7H,3-5H2,1-2H3;5H,1-4H2. The van der Waals surface area contributed by atoms with E-state index in [1.165, 1.54) is 25.9 Å². The molecular formula is C10H22N2O. The van der Waals surface area contributed by atoms with E-state index >= 15 is 0 Å². The Kier molecular flexibility index (Phi) is 4.70. The van der Waals surface area contributed by atoms with Crippen LogP contribution in [0.4, 0.5) is 0 Å². The Labute approximate surface area is 81.2 Å². The molecule has 0 aliphatic carbocycles. The lowest BCUT2D eigenvalue weighted by atomic mass is 10.1. The van der Waals surface area contributed by atoms with Gasteiger partial charge in [-0.2, -0.15) is 0 Å². The summed E-state index contributed by atoms with van der Waals surface area (Å²) in [5, 5.41) is 6.47. The molecule has 0 aromatic heterocycles. The van der Waals surface area contributed by atoms with E-state index in [2.05, 4.69) is 24.5 Å². The normalized spacial score (nSPS) is 26.3. The quantitative estimate of drug-likeness (QED) is 0.586. The summed E-state index contributed by atoms with van der Waals surface area (Å²) in [5.41, 5.74) is 0.0677. The van der Waals surface area contributed by atoms with Crippen LogP contribution in [0.1, 0.15) is 26.7 Å². The smallest absolute Gasteiger partial charge is 0.0750 e. The van der Waals surface area contributed by atoms with Gasteiger partial charge in [0.05, 0.1) is 12.2 Å². The fraction of sp³-hybridized carbons (Fsp3) is 1.00. The molecular weight excluding hydrogens is 164 g/mol. The zero-order valence-corrected chi connectivity index (χ0v) is 8.86. The second-order valence-corrected chi connectivity index (χ2v) is 4.24. The molecule has 2 rings (SSSR count). The van der Waals surface area contributed by atoms with E-state index in [-0.39, 0.29) is 5.60 Å². The lowest BCUT2D eigenvalue weighted by Crippen LogP contribution is -2.45. The predicted octanol–water partition coefficient (Wildman–Crippen LogP) is 0.755. The third kappa shape index (κ3) is 5.24. The second kappa shape index (κ2) is 5.58. The van der Waals surface area contributed by atoms with E-state index in [1.54, 1.807) is 0 Å². The van der Waals surface area contributed by atoms with Crippen LogP contribution < -0.4 is 10.6 Å². The number of rotatable bonds is 0. The number of ether oxygens (including phenoxy) is 1. The summed E-state index contributed by atoms with van der Waals surface area (Å²) in [4.78, 5) is 0. The van der Waals surface area contributed by atoms with Crippen molar-refractivity contribution in [2.24, 2.45) is 0 Å². The molecule has 0 aromatic carbocycles. The van der Waals surface area contributed by atoms with Gasteiger partial charge in [0.1, 0.15) is 0 Å². The van der Waals surface area contributed by atoms with Gasteiger partial charge in [-0.25, -0.2) is 0 Å². The molecule has 2 fully saturated rings. The summed E-state index contributed by atoms with van der Waals surface area (Å²) in [6.07, 6.45) is 2.78. The molecule has 0 radical (unpaired) electrons. The predicted molar refractivity (Wildman–Crippen MR) is 55.0 cm³/mol. The number of nitrogens with one attached hydrogen (secondary N) is 2. The molecule has 3 nitrogen and oxygen atoms in total. The van der Waals surface area contributed by atoms with Gasteiger partial charge in [-0.1, -0.05) is 0 Å². The molecule has 2 aliphatic rings. The topological polar surface area (TPSA) is 33.3 Å². The van der Waals surface area contributed by atoms with Gasteiger partial charge in [0.15, 0.2) is 0 Å². The summed E-state index contributed by atoms with van der Waals surface area (Å²) < 4.78 is 5.40.